The Balaban J connectivity index is 2.27. The van der Waals surface area contributed by atoms with Crippen LogP contribution < -0.4 is 5.32 Å². The second kappa shape index (κ2) is 7.40. The summed E-state index contributed by atoms with van der Waals surface area (Å²) in [7, 11) is -3.47. The Labute approximate surface area is 147 Å². The molecule has 1 aliphatic heterocycles. The highest BCUT2D eigenvalue weighted by atomic mass is 79.9. The number of hydrogen-bond donors (Lipinski definition) is 1. The van der Waals surface area contributed by atoms with E-state index in [9.17, 15) is 8.42 Å². The van der Waals surface area contributed by atoms with Crippen molar-refractivity contribution in [1.29, 1.82) is 0 Å². The van der Waals surface area contributed by atoms with Gasteiger partial charge in [0.05, 0.1) is 7.57 Å². The first-order chi connectivity index (χ1) is 9.80. The van der Waals surface area contributed by atoms with E-state index in [1.54, 1.807) is 10.4 Å². The molecule has 1 atom stereocenters. The van der Waals surface area contributed by atoms with E-state index in [1.165, 1.54) is 11.3 Å². The molecule has 0 aliphatic carbocycles. The van der Waals surface area contributed by atoms with Crippen LogP contribution in [0, 0.1) is 5.92 Å². The highest BCUT2D eigenvalue weighted by Crippen LogP contribution is 2.36. The highest BCUT2D eigenvalue weighted by Gasteiger charge is 2.31. The zero-order valence-corrected chi connectivity index (χ0v) is 16.9. The first-order valence-corrected chi connectivity index (χ1v) is 10.8. The zero-order valence-electron chi connectivity index (χ0n) is 12.1. The van der Waals surface area contributed by atoms with Crippen molar-refractivity contribution in [2.75, 3.05) is 19.6 Å². The summed E-state index contributed by atoms with van der Waals surface area (Å²) in [5.74, 6) is 0.294. The van der Waals surface area contributed by atoms with Crippen molar-refractivity contribution in [3.8, 4) is 0 Å². The van der Waals surface area contributed by atoms with Crippen LogP contribution in [0.4, 0.5) is 0 Å². The predicted octanol–water partition coefficient (Wildman–Crippen LogP) is 3.67. The van der Waals surface area contributed by atoms with Gasteiger partial charge in [-0.05, 0) is 63.2 Å². The standard InChI is InChI=1S/C13H20Br2N2O2S2/c1-9(2)7-17(8-10-4-3-5-16-10)21(18,19)11-6-12(14)20-13(11)15/h6,9-10,16H,3-5,7-8H2,1-2H3. The third-order valence-electron chi connectivity index (χ3n) is 3.40. The van der Waals surface area contributed by atoms with Crippen molar-refractivity contribution in [3.05, 3.63) is 13.6 Å². The molecule has 1 fully saturated rings. The molecule has 2 rings (SSSR count). The number of halogens is 2. The second-order valence-corrected chi connectivity index (χ2v) is 11.4. The van der Waals surface area contributed by atoms with Crippen LogP contribution >= 0.6 is 43.2 Å². The van der Waals surface area contributed by atoms with Gasteiger partial charge in [-0.25, -0.2) is 8.42 Å². The van der Waals surface area contributed by atoms with Crippen molar-refractivity contribution in [2.45, 2.75) is 37.6 Å². The fraction of sp³-hybridized carbons (Fsp3) is 0.692. The molecule has 0 amide bonds. The fourth-order valence-corrected chi connectivity index (χ4v) is 7.89. The van der Waals surface area contributed by atoms with Gasteiger partial charge in [-0.2, -0.15) is 4.31 Å². The minimum Gasteiger partial charge on any atom is -0.313 e. The quantitative estimate of drug-likeness (QED) is 0.705. The summed E-state index contributed by atoms with van der Waals surface area (Å²) >= 11 is 8.11. The Morgan fingerprint density at radius 3 is 2.67 bits per heavy atom. The number of thiophene rings is 1. The van der Waals surface area contributed by atoms with Crippen molar-refractivity contribution in [1.82, 2.24) is 9.62 Å². The van der Waals surface area contributed by atoms with E-state index in [0.717, 1.165) is 23.2 Å². The minimum atomic E-state index is -3.47. The molecule has 0 spiro atoms. The third-order valence-corrected chi connectivity index (χ3v) is 7.99. The van der Waals surface area contributed by atoms with E-state index < -0.39 is 10.0 Å². The minimum absolute atomic E-state index is 0.263. The van der Waals surface area contributed by atoms with E-state index >= 15 is 0 Å². The fourth-order valence-electron chi connectivity index (χ4n) is 2.48. The largest absolute Gasteiger partial charge is 0.313 e. The normalized spacial score (nSPS) is 19.8. The van der Waals surface area contributed by atoms with Crippen LogP contribution in [0.1, 0.15) is 26.7 Å². The van der Waals surface area contributed by atoms with Gasteiger partial charge in [0, 0.05) is 19.1 Å². The van der Waals surface area contributed by atoms with Gasteiger partial charge in [0.15, 0.2) is 0 Å². The summed E-state index contributed by atoms with van der Waals surface area (Å²) in [5, 5.41) is 3.38. The Kier molecular flexibility index (Phi) is 6.30. The lowest BCUT2D eigenvalue weighted by Crippen LogP contribution is -2.42. The lowest BCUT2D eigenvalue weighted by molar-refractivity contribution is 0.336. The summed E-state index contributed by atoms with van der Waals surface area (Å²) in [4.78, 5) is 0.359. The van der Waals surface area contributed by atoms with Gasteiger partial charge in [-0.1, -0.05) is 13.8 Å². The van der Waals surface area contributed by atoms with Crippen molar-refractivity contribution < 1.29 is 8.42 Å². The van der Waals surface area contributed by atoms with Gasteiger partial charge in [0.1, 0.15) is 4.90 Å². The first-order valence-electron chi connectivity index (χ1n) is 6.99. The second-order valence-electron chi connectivity index (χ2n) is 5.70. The van der Waals surface area contributed by atoms with Gasteiger partial charge in [0.2, 0.25) is 10.0 Å². The van der Waals surface area contributed by atoms with Gasteiger partial charge in [-0.15, -0.1) is 11.3 Å². The molecule has 21 heavy (non-hydrogen) atoms. The van der Waals surface area contributed by atoms with E-state index in [0.29, 0.717) is 27.7 Å². The molecule has 8 heteroatoms. The summed E-state index contributed by atoms with van der Waals surface area (Å²) < 4.78 is 29.0. The molecular formula is C13H20Br2N2O2S2. The molecule has 4 nitrogen and oxygen atoms in total. The Hall–Kier alpha value is 0.530. The average molecular weight is 460 g/mol. The van der Waals surface area contributed by atoms with E-state index in [2.05, 4.69) is 37.2 Å². The molecule has 2 heterocycles. The van der Waals surface area contributed by atoms with E-state index in [-0.39, 0.29) is 6.04 Å². The number of rotatable bonds is 6. The SMILES string of the molecule is CC(C)CN(CC1CCCN1)S(=O)(=O)c1cc(Br)sc1Br. The Bertz CT molecular complexity index is 581. The molecular weight excluding hydrogens is 440 g/mol. The Morgan fingerprint density at radius 1 is 1.48 bits per heavy atom. The maximum Gasteiger partial charge on any atom is 0.245 e. The van der Waals surface area contributed by atoms with Crippen LogP contribution in [-0.2, 0) is 10.0 Å². The molecule has 1 aromatic rings. The molecule has 0 radical (unpaired) electrons. The molecule has 0 bridgehead atoms. The molecule has 1 saturated heterocycles. The molecule has 0 aromatic carbocycles. The summed E-state index contributed by atoms with van der Waals surface area (Å²) in [6.07, 6.45) is 2.16. The third kappa shape index (κ3) is 4.51. The molecule has 1 aliphatic rings. The topological polar surface area (TPSA) is 49.4 Å². The zero-order chi connectivity index (χ0) is 15.6. The van der Waals surface area contributed by atoms with Crippen LogP contribution in [0.25, 0.3) is 0 Å². The summed E-state index contributed by atoms with van der Waals surface area (Å²) in [6, 6.07) is 1.94. The number of nitrogens with one attached hydrogen (secondary N) is 1. The molecule has 1 aromatic heterocycles. The maximum absolute atomic E-state index is 12.9. The highest BCUT2D eigenvalue weighted by molar-refractivity contribution is 9.12. The number of hydrogen-bond acceptors (Lipinski definition) is 4. The average Bonchev–Trinajstić information content (AvgIpc) is 2.97. The maximum atomic E-state index is 12.9. The van der Waals surface area contributed by atoms with Gasteiger partial charge in [-0.3, -0.25) is 0 Å². The van der Waals surface area contributed by atoms with Crippen molar-refractivity contribution in [2.24, 2.45) is 5.92 Å². The van der Waals surface area contributed by atoms with Crippen molar-refractivity contribution in [3.63, 3.8) is 0 Å². The smallest absolute Gasteiger partial charge is 0.245 e. The van der Waals surface area contributed by atoms with Crippen LogP contribution in [0.2, 0.25) is 0 Å². The van der Waals surface area contributed by atoms with Gasteiger partial charge < -0.3 is 5.32 Å². The summed E-state index contributed by atoms with van der Waals surface area (Å²) in [6.45, 7) is 6.15. The molecule has 1 unspecified atom stereocenters. The molecule has 1 N–H and O–H groups in total. The molecule has 120 valence electrons. The van der Waals surface area contributed by atoms with Gasteiger partial charge >= 0.3 is 0 Å². The van der Waals surface area contributed by atoms with Crippen molar-refractivity contribution >= 4 is 53.2 Å². The number of sulfonamides is 1. The first kappa shape index (κ1) is 17.9. The monoisotopic (exact) mass is 458 g/mol. The van der Waals surface area contributed by atoms with E-state index in [1.807, 2.05) is 13.8 Å². The Morgan fingerprint density at radius 2 is 2.19 bits per heavy atom. The summed E-state index contributed by atoms with van der Waals surface area (Å²) in [5.41, 5.74) is 0. The lowest BCUT2D eigenvalue weighted by atomic mass is 10.2. The van der Waals surface area contributed by atoms with Crippen LogP contribution in [0.15, 0.2) is 18.5 Å². The van der Waals surface area contributed by atoms with Crippen LogP contribution in [-0.4, -0.2) is 38.4 Å². The molecule has 0 saturated carbocycles. The lowest BCUT2D eigenvalue weighted by Gasteiger charge is -2.26. The van der Waals surface area contributed by atoms with Gasteiger partial charge in [0.25, 0.3) is 0 Å². The predicted molar refractivity (Wildman–Crippen MR) is 94.3 cm³/mol. The van der Waals surface area contributed by atoms with E-state index in [4.69, 9.17) is 0 Å². The van der Waals surface area contributed by atoms with Crippen LogP contribution in [0.5, 0.6) is 0 Å². The van der Waals surface area contributed by atoms with Crippen LogP contribution in [0.3, 0.4) is 0 Å². The number of nitrogens with zero attached hydrogens (tertiary/aromatic N) is 1.